The number of hydrogen-bond donors (Lipinski definition) is 2. The van der Waals surface area contributed by atoms with Crippen molar-refractivity contribution in [1.29, 1.82) is 0 Å². The first-order valence-electron chi connectivity index (χ1n) is 7.56. The van der Waals surface area contributed by atoms with E-state index < -0.39 is 0 Å². The van der Waals surface area contributed by atoms with Crippen molar-refractivity contribution in [2.75, 3.05) is 26.3 Å². The Balaban J connectivity index is 1.98. The number of ether oxygens (including phenoxy) is 1. The number of benzene rings is 2. The number of fused-ring (bicyclic) bond motifs is 1. The topological polar surface area (TPSA) is 52.9 Å². The maximum atomic E-state index is 10.3. The molecule has 1 aliphatic rings. The summed E-state index contributed by atoms with van der Waals surface area (Å²) >= 11 is 0. The number of aromatic hydroxyl groups is 1. The predicted molar refractivity (Wildman–Crippen MR) is 86.1 cm³/mol. The lowest BCUT2D eigenvalue weighted by Crippen LogP contribution is -2.28. The molecular formula is C18H21NO3. The second-order valence-electron chi connectivity index (χ2n) is 5.70. The molecular weight excluding hydrogens is 278 g/mol. The lowest BCUT2D eigenvalue weighted by molar-refractivity contribution is 0.176. The lowest BCUT2D eigenvalue weighted by Gasteiger charge is -2.18. The van der Waals surface area contributed by atoms with Gasteiger partial charge in [-0.3, -0.25) is 4.90 Å². The molecule has 0 saturated carbocycles. The Hall–Kier alpha value is -2.04. The molecule has 0 fully saturated rings. The van der Waals surface area contributed by atoms with Crippen molar-refractivity contribution in [2.45, 2.75) is 13.5 Å². The Morgan fingerprint density at radius 1 is 1.14 bits per heavy atom. The van der Waals surface area contributed by atoms with E-state index in [4.69, 9.17) is 9.84 Å². The van der Waals surface area contributed by atoms with E-state index in [9.17, 15) is 5.11 Å². The molecule has 1 heterocycles. The Morgan fingerprint density at radius 3 is 2.64 bits per heavy atom. The van der Waals surface area contributed by atoms with Gasteiger partial charge in [-0.1, -0.05) is 29.8 Å². The zero-order chi connectivity index (χ0) is 15.5. The molecule has 2 N–H and O–H groups in total. The molecule has 1 aliphatic heterocycles. The van der Waals surface area contributed by atoms with E-state index in [-0.39, 0.29) is 12.4 Å². The highest BCUT2D eigenvalue weighted by Crippen LogP contribution is 2.37. The lowest BCUT2D eigenvalue weighted by atomic mass is 10.0. The number of aliphatic hydroxyl groups excluding tert-OH is 1. The van der Waals surface area contributed by atoms with Crippen molar-refractivity contribution in [3.8, 4) is 22.6 Å². The maximum absolute atomic E-state index is 10.3. The Bertz CT molecular complexity index is 652. The summed E-state index contributed by atoms with van der Waals surface area (Å²) in [5.74, 6) is 0.746. The normalized spacial score (nSPS) is 15.0. The minimum Gasteiger partial charge on any atom is -0.504 e. The molecule has 0 bridgehead atoms. The quantitative estimate of drug-likeness (QED) is 0.914. The van der Waals surface area contributed by atoms with Crippen molar-refractivity contribution in [2.24, 2.45) is 0 Å². The van der Waals surface area contributed by atoms with Crippen molar-refractivity contribution in [3.05, 3.63) is 47.5 Å². The molecule has 2 aromatic carbocycles. The molecule has 0 unspecified atom stereocenters. The van der Waals surface area contributed by atoms with Crippen molar-refractivity contribution in [1.82, 2.24) is 4.90 Å². The average Bonchev–Trinajstić information content (AvgIpc) is 2.70. The zero-order valence-corrected chi connectivity index (χ0v) is 12.7. The molecule has 116 valence electrons. The Morgan fingerprint density at radius 2 is 1.91 bits per heavy atom. The van der Waals surface area contributed by atoms with Gasteiger partial charge in [0.05, 0.1) is 6.61 Å². The second-order valence-corrected chi connectivity index (χ2v) is 5.70. The fourth-order valence-electron chi connectivity index (χ4n) is 2.80. The van der Waals surface area contributed by atoms with Gasteiger partial charge in [-0.05, 0) is 30.2 Å². The molecule has 3 rings (SSSR count). The van der Waals surface area contributed by atoms with Crippen molar-refractivity contribution < 1.29 is 14.9 Å². The van der Waals surface area contributed by atoms with Gasteiger partial charge in [0.25, 0.3) is 0 Å². The molecule has 2 aromatic rings. The number of aryl methyl sites for hydroxylation is 1. The number of phenolic OH excluding ortho intramolecular Hbond substituents is 1. The highest BCUT2D eigenvalue weighted by atomic mass is 16.5. The number of β-amino-alcohol motifs (C(OH)–C–C–N with tert-alkyl or cyclic N) is 1. The number of nitrogens with zero attached hydrogens (tertiary/aromatic N) is 1. The van der Waals surface area contributed by atoms with E-state index in [1.54, 1.807) is 6.07 Å². The van der Waals surface area contributed by atoms with Crippen molar-refractivity contribution in [3.63, 3.8) is 0 Å². The molecule has 4 nitrogen and oxygen atoms in total. The molecule has 4 heteroatoms. The van der Waals surface area contributed by atoms with Crippen LogP contribution in [0.15, 0.2) is 36.4 Å². The van der Waals surface area contributed by atoms with E-state index in [1.807, 2.05) is 0 Å². The molecule has 22 heavy (non-hydrogen) atoms. The van der Waals surface area contributed by atoms with E-state index in [2.05, 4.69) is 42.2 Å². The van der Waals surface area contributed by atoms with Crippen LogP contribution in [0.25, 0.3) is 11.1 Å². The van der Waals surface area contributed by atoms with Crippen LogP contribution in [0.1, 0.15) is 11.1 Å². The predicted octanol–water partition coefficient (Wildman–Crippen LogP) is 2.55. The Labute approximate surface area is 130 Å². The molecule has 0 amide bonds. The highest BCUT2D eigenvalue weighted by molar-refractivity contribution is 5.69. The number of aliphatic hydroxyl groups is 1. The van der Waals surface area contributed by atoms with Gasteiger partial charge in [0.1, 0.15) is 6.61 Å². The fourth-order valence-corrected chi connectivity index (χ4v) is 2.80. The molecule has 0 saturated heterocycles. The van der Waals surface area contributed by atoms with Gasteiger partial charge < -0.3 is 14.9 Å². The molecule has 0 aliphatic carbocycles. The van der Waals surface area contributed by atoms with Crippen molar-refractivity contribution >= 4 is 0 Å². The van der Waals surface area contributed by atoms with E-state index in [0.717, 1.165) is 23.2 Å². The number of rotatable bonds is 3. The summed E-state index contributed by atoms with van der Waals surface area (Å²) < 4.78 is 5.69. The summed E-state index contributed by atoms with van der Waals surface area (Å²) in [7, 11) is 0. The van der Waals surface area contributed by atoms with Crippen LogP contribution in [0.5, 0.6) is 11.5 Å². The summed E-state index contributed by atoms with van der Waals surface area (Å²) in [6.45, 7) is 4.72. The molecule has 0 aromatic heterocycles. The van der Waals surface area contributed by atoms with E-state index in [0.29, 0.717) is 25.4 Å². The summed E-state index contributed by atoms with van der Waals surface area (Å²) in [4.78, 5) is 2.13. The first kappa shape index (κ1) is 14.9. The summed E-state index contributed by atoms with van der Waals surface area (Å²) in [6, 6.07) is 12.1. The minimum absolute atomic E-state index is 0.124. The molecule has 0 atom stereocenters. The van der Waals surface area contributed by atoms with Gasteiger partial charge in [0.2, 0.25) is 0 Å². The molecule has 0 radical (unpaired) electrons. The van der Waals surface area contributed by atoms with Gasteiger partial charge in [-0.25, -0.2) is 0 Å². The number of hydrogen-bond acceptors (Lipinski definition) is 4. The first-order valence-corrected chi connectivity index (χ1v) is 7.56. The third-order valence-corrected chi connectivity index (χ3v) is 4.00. The van der Waals surface area contributed by atoms with Gasteiger partial charge in [-0.15, -0.1) is 0 Å². The SMILES string of the molecule is Cc1ccc(-c2cc(O)c3c(c2)CN(CCO)CCO3)cc1. The third-order valence-electron chi connectivity index (χ3n) is 4.00. The fraction of sp³-hybridized carbons (Fsp3) is 0.333. The van der Waals surface area contributed by atoms with Crippen LogP contribution in [0, 0.1) is 6.92 Å². The number of phenols is 1. The second kappa shape index (κ2) is 6.38. The van der Waals surface area contributed by atoms with Gasteiger partial charge in [0, 0.05) is 25.2 Å². The first-order chi connectivity index (χ1) is 10.7. The van der Waals surface area contributed by atoms with Gasteiger partial charge >= 0.3 is 0 Å². The standard InChI is InChI=1S/C18H21NO3/c1-13-2-4-14(5-3-13)15-10-16-12-19(6-8-20)7-9-22-18(16)17(21)11-15/h2-5,10-11,20-21H,6-9,12H2,1H3. The van der Waals surface area contributed by atoms with Crippen LogP contribution in [-0.4, -0.2) is 41.4 Å². The van der Waals surface area contributed by atoms with E-state index in [1.165, 1.54) is 5.56 Å². The van der Waals surface area contributed by atoms with Crippen LogP contribution >= 0.6 is 0 Å². The van der Waals surface area contributed by atoms with Gasteiger partial charge in [-0.2, -0.15) is 0 Å². The zero-order valence-electron chi connectivity index (χ0n) is 12.7. The highest BCUT2D eigenvalue weighted by Gasteiger charge is 2.19. The largest absolute Gasteiger partial charge is 0.504 e. The summed E-state index contributed by atoms with van der Waals surface area (Å²) in [5, 5.41) is 19.4. The third kappa shape index (κ3) is 3.08. The minimum atomic E-state index is 0.124. The summed E-state index contributed by atoms with van der Waals surface area (Å²) in [5.41, 5.74) is 4.22. The summed E-state index contributed by atoms with van der Waals surface area (Å²) in [6.07, 6.45) is 0. The van der Waals surface area contributed by atoms with E-state index >= 15 is 0 Å². The monoisotopic (exact) mass is 299 g/mol. The van der Waals surface area contributed by atoms with Crippen LogP contribution in [-0.2, 0) is 6.54 Å². The Kier molecular flexibility index (Phi) is 4.32. The maximum Gasteiger partial charge on any atom is 0.165 e. The van der Waals surface area contributed by atoms with Crippen LogP contribution in [0.2, 0.25) is 0 Å². The van der Waals surface area contributed by atoms with Crippen LogP contribution in [0.4, 0.5) is 0 Å². The average molecular weight is 299 g/mol. The smallest absolute Gasteiger partial charge is 0.165 e. The molecule has 0 spiro atoms. The van der Waals surface area contributed by atoms with Crippen LogP contribution in [0.3, 0.4) is 0 Å². The van der Waals surface area contributed by atoms with Gasteiger partial charge in [0.15, 0.2) is 11.5 Å². The van der Waals surface area contributed by atoms with Crippen LogP contribution < -0.4 is 4.74 Å².